The number of nitrogens with zero attached hydrogens (tertiary/aromatic N) is 4. The Hall–Kier alpha value is -2.44. The first-order valence-corrected chi connectivity index (χ1v) is 7.05. The highest BCUT2D eigenvalue weighted by molar-refractivity contribution is 5.84. The molecule has 2 aromatic heterocycles. The number of carboxylic acids is 1. The van der Waals surface area contributed by atoms with Crippen LogP contribution in [0.5, 0.6) is 0 Å². The quantitative estimate of drug-likeness (QED) is 0.874. The molecule has 3 rings (SSSR count). The Morgan fingerprint density at radius 3 is 2.81 bits per heavy atom. The second-order valence-corrected chi connectivity index (χ2v) is 5.17. The Balaban J connectivity index is 1.58. The summed E-state index contributed by atoms with van der Waals surface area (Å²) in [6, 6.07) is 2.53. The zero-order chi connectivity index (χ0) is 14.7. The lowest BCUT2D eigenvalue weighted by molar-refractivity contribution is 0.0690. The highest BCUT2D eigenvalue weighted by Crippen LogP contribution is 2.28. The minimum Gasteiger partial charge on any atom is -0.476 e. The Kier molecular flexibility index (Phi) is 3.81. The first-order chi connectivity index (χ1) is 10.2. The number of carbonyl (C=O) groups is 1. The summed E-state index contributed by atoms with van der Waals surface area (Å²) >= 11 is 0. The molecule has 1 aliphatic carbocycles. The van der Waals surface area contributed by atoms with Gasteiger partial charge in [0.05, 0.1) is 30.7 Å². The van der Waals surface area contributed by atoms with Gasteiger partial charge in [0.2, 0.25) is 0 Å². The van der Waals surface area contributed by atoms with Crippen LogP contribution in [0.1, 0.15) is 47.9 Å². The number of carboxylic acid groups (broad SMARTS) is 1. The SMILES string of the molecule is O=C(O)c1cnc(NCc2ccn(C3CCCC3)n2)cn1. The van der Waals surface area contributed by atoms with Gasteiger partial charge in [-0.2, -0.15) is 5.10 Å². The van der Waals surface area contributed by atoms with Crippen LogP contribution in [0.4, 0.5) is 5.82 Å². The number of hydrogen-bond donors (Lipinski definition) is 2. The average molecular weight is 287 g/mol. The predicted molar refractivity (Wildman–Crippen MR) is 76.1 cm³/mol. The second kappa shape index (κ2) is 5.90. The summed E-state index contributed by atoms with van der Waals surface area (Å²) in [6.45, 7) is 0.542. The van der Waals surface area contributed by atoms with Gasteiger partial charge in [-0.1, -0.05) is 12.8 Å². The molecular formula is C14H17N5O2. The van der Waals surface area contributed by atoms with Gasteiger partial charge in [-0.25, -0.2) is 14.8 Å². The molecule has 110 valence electrons. The van der Waals surface area contributed by atoms with Crippen molar-refractivity contribution in [1.82, 2.24) is 19.7 Å². The maximum Gasteiger partial charge on any atom is 0.356 e. The molecule has 7 nitrogen and oxygen atoms in total. The normalized spacial score (nSPS) is 15.2. The molecule has 0 unspecified atom stereocenters. The molecule has 0 amide bonds. The zero-order valence-corrected chi connectivity index (χ0v) is 11.6. The lowest BCUT2D eigenvalue weighted by Gasteiger charge is -2.09. The lowest BCUT2D eigenvalue weighted by Crippen LogP contribution is -2.08. The number of aromatic nitrogens is 4. The monoisotopic (exact) mass is 287 g/mol. The van der Waals surface area contributed by atoms with E-state index in [2.05, 4.69) is 20.4 Å². The number of aromatic carboxylic acids is 1. The fourth-order valence-corrected chi connectivity index (χ4v) is 2.55. The second-order valence-electron chi connectivity index (χ2n) is 5.17. The van der Waals surface area contributed by atoms with Crippen molar-refractivity contribution < 1.29 is 9.90 Å². The number of nitrogens with one attached hydrogen (secondary N) is 1. The summed E-state index contributed by atoms with van der Waals surface area (Å²) in [5.41, 5.74) is 0.872. The minimum atomic E-state index is -1.08. The lowest BCUT2D eigenvalue weighted by atomic mass is 10.3. The molecule has 7 heteroatoms. The van der Waals surface area contributed by atoms with Gasteiger partial charge >= 0.3 is 5.97 Å². The van der Waals surface area contributed by atoms with E-state index < -0.39 is 5.97 Å². The van der Waals surface area contributed by atoms with Gasteiger partial charge in [-0.05, 0) is 18.9 Å². The summed E-state index contributed by atoms with van der Waals surface area (Å²) in [7, 11) is 0. The van der Waals surface area contributed by atoms with Gasteiger partial charge in [-0.15, -0.1) is 0 Å². The summed E-state index contributed by atoms with van der Waals surface area (Å²) in [5, 5.41) is 16.4. The fourth-order valence-electron chi connectivity index (χ4n) is 2.55. The molecule has 0 aliphatic heterocycles. The van der Waals surface area contributed by atoms with E-state index in [-0.39, 0.29) is 5.69 Å². The third kappa shape index (κ3) is 3.18. The van der Waals surface area contributed by atoms with Crippen molar-refractivity contribution in [3.63, 3.8) is 0 Å². The zero-order valence-electron chi connectivity index (χ0n) is 11.6. The predicted octanol–water partition coefficient (Wildman–Crippen LogP) is 2.10. The Labute approximate surface area is 122 Å². The van der Waals surface area contributed by atoms with E-state index in [1.54, 1.807) is 0 Å². The summed E-state index contributed by atoms with van der Waals surface area (Å²) in [6.07, 6.45) is 9.64. The van der Waals surface area contributed by atoms with Crippen LogP contribution in [0.15, 0.2) is 24.7 Å². The number of anilines is 1. The van der Waals surface area contributed by atoms with Gasteiger partial charge in [0, 0.05) is 6.20 Å². The molecule has 1 saturated carbocycles. The van der Waals surface area contributed by atoms with E-state index in [0.717, 1.165) is 5.69 Å². The van der Waals surface area contributed by atoms with Crippen LogP contribution < -0.4 is 5.32 Å². The van der Waals surface area contributed by atoms with Gasteiger partial charge in [0.1, 0.15) is 5.82 Å². The van der Waals surface area contributed by atoms with Crippen molar-refractivity contribution >= 4 is 11.8 Å². The van der Waals surface area contributed by atoms with E-state index in [0.29, 0.717) is 18.4 Å². The number of hydrogen-bond acceptors (Lipinski definition) is 5. The van der Waals surface area contributed by atoms with Crippen LogP contribution in [0.2, 0.25) is 0 Å². The van der Waals surface area contributed by atoms with Gasteiger partial charge in [-0.3, -0.25) is 4.68 Å². The average Bonchev–Trinajstić information content (AvgIpc) is 3.16. The molecule has 0 atom stereocenters. The Morgan fingerprint density at radius 2 is 2.14 bits per heavy atom. The molecule has 2 heterocycles. The van der Waals surface area contributed by atoms with E-state index in [1.807, 2.05) is 16.9 Å². The standard InChI is InChI=1S/C14H17N5O2/c20-14(21)12-8-17-13(9-15-12)16-7-10-5-6-19(18-10)11-3-1-2-4-11/h5-6,8-9,11H,1-4,7H2,(H,16,17)(H,20,21). The Bertz CT molecular complexity index is 617. The van der Waals surface area contributed by atoms with Crippen LogP contribution in [0.3, 0.4) is 0 Å². The van der Waals surface area contributed by atoms with Crippen LogP contribution in [-0.4, -0.2) is 30.8 Å². The van der Waals surface area contributed by atoms with Gasteiger partial charge < -0.3 is 10.4 Å². The summed E-state index contributed by atoms with van der Waals surface area (Å²) in [5.74, 6) is -0.542. The molecule has 0 aromatic carbocycles. The highest BCUT2D eigenvalue weighted by atomic mass is 16.4. The van der Waals surface area contributed by atoms with Crippen LogP contribution in [0, 0.1) is 0 Å². The third-order valence-electron chi connectivity index (χ3n) is 3.68. The van der Waals surface area contributed by atoms with Crippen molar-refractivity contribution in [3.8, 4) is 0 Å². The van der Waals surface area contributed by atoms with Crippen molar-refractivity contribution in [2.45, 2.75) is 38.3 Å². The molecule has 0 radical (unpaired) electrons. The first kappa shape index (κ1) is 13.5. The molecule has 1 fully saturated rings. The Morgan fingerprint density at radius 1 is 1.33 bits per heavy atom. The van der Waals surface area contributed by atoms with E-state index >= 15 is 0 Å². The van der Waals surface area contributed by atoms with Crippen LogP contribution in [0.25, 0.3) is 0 Å². The molecule has 21 heavy (non-hydrogen) atoms. The molecule has 0 bridgehead atoms. The topological polar surface area (TPSA) is 92.9 Å². The van der Waals surface area contributed by atoms with Crippen LogP contribution in [-0.2, 0) is 6.54 Å². The molecule has 0 spiro atoms. The molecule has 0 saturated heterocycles. The van der Waals surface area contributed by atoms with Crippen molar-refractivity contribution in [2.24, 2.45) is 0 Å². The third-order valence-corrected chi connectivity index (χ3v) is 3.68. The van der Waals surface area contributed by atoms with Crippen LogP contribution >= 0.6 is 0 Å². The molecule has 2 N–H and O–H groups in total. The summed E-state index contributed by atoms with van der Waals surface area (Å²) in [4.78, 5) is 18.5. The van der Waals surface area contributed by atoms with Crippen molar-refractivity contribution in [3.05, 3.63) is 36.0 Å². The highest BCUT2D eigenvalue weighted by Gasteiger charge is 2.17. The maximum absolute atomic E-state index is 10.7. The first-order valence-electron chi connectivity index (χ1n) is 7.05. The van der Waals surface area contributed by atoms with Gasteiger partial charge in [0.15, 0.2) is 5.69 Å². The van der Waals surface area contributed by atoms with E-state index in [9.17, 15) is 4.79 Å². The number of rotatable bonds is 5. The largest absolute Gasteiger partial charge is 0.476 e. The smallest absolute Gasteiger partial charge is 0.356 e. The molecule has 2 aromatic rings. The minimum absolute atomic E-state index is 0.0638. The van der Waals surface area contributed by atoms with Gasteiger partial charge in [0.25, 0.3) is 0 Å². The maximum atomic E-state index is 10.7. The molecule has 1 aliphatic rings. The van der Waals surface area contributed by atoms with Crippen molar-refractivity contribution in [1.29, 1.82) is 0 Å². The van der Waals surface area contributed by atoms with Crippen molar-refractivity contribution in [2.75, 3.05) is 5.32 Å². The van der Waals surface area contributed by atoms with E-state index in [4.69, 9.17) is 5.11 Å². The van der Waals surface area contributed by atoms with E-state index in [1.165, 1.54) is 38.1 Å². The molecular weight excluding hydrogens is 270 g/mol. The summed E-state index contributed by atoms with van der Waals surface area (Å²) < 4.78 is 2.04. The fraction of sp³-hybridized carbons (Fsp3) is 0.429.